The van der Waals surface area contributed by atoms with Gasteiger partial charge in [0.15, 0.2) is 9.84 Å². The zero-order valence-corrected chi connectivity index (χ0v) is 22.1. The van der Waals surface area contributed by atoms with Crippen LogP contribution in [-0.4, -0.2) is 50.2 Å². The highest BCUT2D eigenvalue weighted by molar-refractivity contribution is 7.91. The number of carbonyl (C=O) groups excluding carboxylic acids is 1. The molecule has 0 unspecified atom stereocenters. The molecular formula is C25H29Cl2FN2O3S. The molecular weight excluding hydrogens is 498 g/mol. The summed E-state index contributed by atoms with van der Waals surface area (Å²) in [6.45, 7) is 8.52. The SMILES string of the molecule is Cc1c(Cl)cc(S(=O)(=O)CC(C)(C)C)cc1N1[C@@H]2CC[C@H]1CN(C(=O)c1ccc(F)cc1Cl)C2. The van der Waals surface area contributed by atoms with Crippen LogP contribution in [-0.2, 0) is 9.84 Å². The van der Waals surface area contributed by atoms with Crippen LogP contribution in [0.5, 0.6) is 0 Å². The van der Waals surface area contributed by atoms with Crippen LogP contribution in [0.1, 0.15) is 49.5 Å². The number of halogens is 3. The van der Waals surface area contributed by atoms with Gasteiger partial charge in [-0.25, -0.2) is 12.8 Å². The first kappa shape index (κ1) is 25.3. The van der Waals surface area contributed by atoms with Gasteiger partial charge in [-0.05, 0) is 61.1 Å². The average molecular weight is 527 g/mol. The summed E-state index contributed by atoms with van der Waals surface area (Å²) >= 11 is 12.7. The minimum absolute atomic E-state index is 0.0202. The largest absolute Gasteiger partial charge is 0.362 e. The van der Waals surface area contributed by atoms with Gasteiger partial charge in [0, 0.05) is 35.9 Å². The van der Waals surface area contributed by atoms with Crippen LogP contribution in [0.4, 0.5) is 10.1 Å². The summed E-state index contributed by atoms with van der Waals surface area (Å²) in [5.41, 5.74) is 1.53. The number of amides is 1. The molecule has 2 bridgehead atoms. The summed E-state index contributed by atoms with van der Waals surface area (Å²) in [5, 5.41) is 0.514. The number of carbonyl (C=O) groups is 1. The van der Waals surface area contributed by atoms with Crippen LogP contribution in [0.15, 0.2) is 35.2 Å². The van der Waals surface area contributed by atoms with E-state index in [9.17, 15) is 17.6 Å². The topological polar surface area (TPSA) is 57.7 Å². The Morgan fingerprint density at radius 3 is 2.24 bits per heavy atom. The number of fused-ring (bicyclic) bond motifs is 2. The van der Waals surface area contributed by atoms with Crippen LogP contribution >= 0.6 is 23.2 Å². The van der Waals surface area contributed by atoms with Gasteiger partial charge in [0.25, 0.3) is 5.91 Å². The van der Waals surface area contributed by atoms with Gasteiger partial charge in [0.05, 0.1) is 21.2 Å². The van der Waals surface area contributed by atoms with Crippen molar-refractivity contribution in [1.82, 2.24) is 4.90 Å². The van der Waals surface area contributed by atoms with Gasteiger partial charge < -0.3 is 9.80 Å². The molecule has 5 nitrogen and oxygen atoms in total. The molecule has 2 aliphatic rings. The maximum Gasteiger partial charge on any atom is 0.255 e. The van der Waals surface area contributed by atoms with Gasteiger partial charge in [-0.3, -0.25) is 4.79 Å². The Bertz CT molecular complexity index is 1230. The lowest BCUT2D eigenvalue weighted by Gasteiger charge is -2.43. The fraction of sp³-hybridized carbons (Fsp3) is 0.480. The van der Waals surface area contributed by atoms with Crippen molar-refractivity contribution in [3.8, 4) is 0 Å². The molecule has 9 heteroatoms. The predicted octanol–water partition coefficient (Wildman–Crippen LogP) is 5.75. The molecule has 2 atom stereocenters. The number of likely N-dealkylation sites (tertiary alicyclic amines) is 1. The zero-order chi connectivity index (χ0) is 25.0. The van der Waals surface area contributed by atoms with E-state index in [0.29, 0.717) is 18.1 Å². The maximum atomic E-state index is 13.4. The molecule has 4 rings (SSSR count). The van der Waals surface area contributed by atoms with Crippen LogP contribution in [0.3, 0.4) is 0 Å². The number of anilines is 1. The number of sulfone groups is 1. The molecule has 0 aromatic heterocycles. The predicted molar refractivity (Wildman–Crippen MR) is 134 cm³/mol. The van der Waals surface area contributed by atoms with Crippen molar-refractivity contribution in [1.29, 1.82) is 0 Å². The minimum atomic E-state index is -3.52. The highest BCUT2D eigenvalue weighted by atomic mass is 35.5. The second-order valence-electron chi connectivity index (χ2n) is 10.5. The smallest absolute Gasteiger partial charge is 0.255 e. The summed E-state index contributed by atoms with van der Waals surface area (Å²) in [6, 6.07) is 7.13. The van der Waals surface area contributed by atoms with Crippen LogP contribution in [0.2, 0.25) is 10.0 Å². The first-order valence-corrected chi connectivity index (χ1v) is 13.7. The number of nitrogens with zero attached hydrogens (tertiary/aromatic N) is 2. The van der Waals surface area contributed by atoms with Gasteiger partial charge in [0.1, 0.15) is 5.82 Å². The number of hydrogen-bond donors (Lipinski definition) is 0. The number of hydrogen-bond acceptors (Lipinski definition) is 4. The van der Waals surface area contributed by atoms with Crippen LogP contribution in [0, 0.1) is 18.2 Å². The third kappa shape index (κ3) is 4.93. The second kappa shape index (κ2) is 8.99. The van der Waals surface area contributed by atoms with Crippen molar-refractivity contribution in [3.05, 3.63) is 57.3 Å². The number of piperazine rings is 1. The lowest BCUT2D eigenvalue weighted by molar-refractivity contribution is 0.0718. The van der Waals surface area contributed by atoms with Crippen molar-refractivity contribution >= 4 is 44.6 Å². The molecule has 0 spiro atoms. The summed E-state index contributed by atoms with van der Waals surface area (Å²) in [5.74, 6) is -0.690. The molecule has 0 radical (unpaired) electrons. The normalized spacial score (nSPS) is 20.7. The van der Waals surface area contributed by atoms with Gasteiger partial charge >= 0.3 is 0 Å². The molecule has 1 amide bonds. The molecule has 0 aliphatic carbocycles. The summed E-state index contributed by atoms with van der Waals surface area (Å²) in [6.07, 6.45) is 1.75. The third-order valence-electron chi connectivity index (χ3n) is 6.48. The van der Waals surface area contributed by atoms with Crippen molar-refractivity contribution in [3.63, 3.8) is 0 Å². The van der Waals surface area contributed by atoms with Gasteiger partial charge in [-0.1, -0.05) is 44.0 Å². The Hall–Kier alpha value is -1.83. The van der Waals surface area contributed by atoms with E-state index in [-0.39, 0.29) is 44.6 Å². The molecule has 2 heterocycles. The van der Waals surface area contributed by atoms with Gasteiger partial charge in [0.2, 0.25) is 0 Å². The van der Waals surface area contributed by atoms with E-state index < -0.39 is 15.7 Å². The molecule has 2 aromatic carbocycles. The Labute approximate surface area is 210 Å². The molecule has 184 valence electrons. The maximum absolute atomic E-state index is 13.4. The molecule has 0 N–H and O–H groups in total. The zero-order valence-electron chi connectivity index (χ0n) is 19.7. The van der Waals surface area contributed by atoms with Crippen molar-refractivity contribution in [2.24, 2.45) is 5.41 Å². The van der Waals surface area contributed by atoms with Crippen LogP contribution < -0.4 is 4.90 Å². The monoisotopic (exact) mass is 526 g/mol. The van der Waals surface area contributed by atoms with E-state index in [1.54, 1.807) is 17.0 Å². The lowest BCUT2D eigenvalue weighted by Crippen LogP contribution is -2.55. The Kier molecular flexibility index (Phi) is 6.68. The molecule has 2 aliphatic heterocycles. The second-order valence-corrected chi connectivity index (χ2v) is 13.3. The van der Waals surface area contributed by atoms with E-state index in [0.717, 1.165) is 30.2 Å². The molecule has 0 saturated carbocycles. The Balaban J connectivity index is 1.64. The quantitative estimate of drug-likeness (QED) is 0.508. The highest BCUT2D eigenvalue weighted by Crippen LogP contribution is 2.41. The Morgan fingerprint density at radius 2 is 1.68 bits per heavy atom. The summed E-state index contributed by atoms with van der Waals surface area (Å²) < 4.78 is 39.7. The number of rotatable bonds is 4. The third-order valence-corrected chi connectivity index (χ3v) is 9.39. The molecule has 2 aromatic rings. The van der Waals surface area contributed by atoms with E-state index >= 15 is 0 Å². The fourth-order valence-electron chi connectivity index (χ4n) is 5.04. The van der Waals surface area contributed by atoms with Crippen molar-refractivity contribution < 1.29 is 17.6 Å². The molecule has 2 fully saturated rings. The minimum Gasteiger partial charge on any atom is -0.362 e. The van der Waals surface area contributed by atoms with E-state index in [2.05, 4.69) is 4.90 Å². The van der Waals surface area contributed by atoms with Gasteiger partial charge in [-0.2, -0.15) is 0 Å². The first-order chi connectivity index (χ1) is 15.8. The fourth-order valence-corrected chi connectivity index (χ4v) is 7.46. The summed E-state index contributed by atoms with van der Waals surface area (Å²) in [7, 11) is -3.52. The highest BCUT2D eigenvalue weighted by Gasteiger charge is 2.43. The van der Waals surface area contributed by atoms with Gasteiger partial charge in [-0.15, -0.1) is 0 Å². The lowest BCUT2D eigenvalue weighted by atomic mass is 10.0. The van der Waals surface area contributed by atoms with Crippen molar-refractivity contribution in [2.45, 2.75) is 57.5 Å². The standard InChI is InChI=1S/C25H29Cl2FN2O3S/c1-15-21(26)10-19(34(32,33)14-25(2,3)4)11-23(15)30-17-6-7-18(30)13-29(12-17)24(31)20-8-5-16(28)9-22(20)27/h5,8-11,17-18H,6-7,12-14H2,1-4H3/t17-,18+. The van der Waals surface area contributed by atoms with Crippen LogP contribution in [0.25, 0.3) is 0 Å². The number of benzene rings is 2. The molecule has 2 saturated heterocycles. The van der Waals surface area contributed by atoms with E-state index in [4.69, 9.17) is 23.2 Å². The van der Waals surface area contributed by atoms with E-state index in [1.807, 2.05) is 27.7 Å². The first-order valence-electron chi connectivity index (χ1n) is 11.3. The van der Waals surface area contributed by atoms with E-state index in [1.165, 1.54) is 12.1 Å². The average Bonchev–Trinajstić information content (AvgIpc) is 2.96. The Morgan fingerprint density at radius 1 is 1.06 bits per heavy atom. The van der Waals surface area contributed by atoms with Crippen molar-refractivity contribution in [2.75, 3.05) is 23.7 Å². The molecule has 34 heavy (non-hydrogen) atoms. The summed E-state index contributed by atoms with van der Waals surface area (Å²) in [4.78, 5) is 17.3.